The molecule has 1 fully saturated rings. The molecule has 5 heteroatoms. The molecule has 0 unspecified atom stereocenters. The molecule has 24 heavy (non-hydrogen) atoms. The second kappa shape index (κ2) is 9.52. The molecule has 0 spiro atoms. The summed E-state index contributed by atoms with van der Waals surface area (Å²) in [4.78, 5) is 11.7. The highest BCUT2D eigenvalue weighted by atomic mass is 16.5. The molecule has 134 valence electrons. The molecule has 5 nitrogen and oxygen atoms in total. The van der Waals surface area contributed by atoms with E-state index in [9.17, 15) is 20.1 Å². The third-order valence-electron chi connectivity index (χ3n) is 4.69. The quantitative estimate of drug-likeness (QED) is 0.501. The van der Waals surface area contributed by atoms with Gasteiger partial charge in [0.2, 0.25) is 0 Å². The Bertz CT molecular complexity index is 520. The van der Waals surface area contributed by atoms with Crippen molar-refractivity contribution in [2.24, 2.45) is 5.92 Å². The van der Waals surface area contributed by atoms with E-state index in [1.165, 1.54) is 6.07 Å². The number of phenols is 2. The van der Waals surface area contributed by atoms with Crippen molar-refractivity contribution < 1.29 is 24.9 Å². The van der Waals surface area contributed by atoms with E-state index in [0.29, 0.717) is 18.9 Å². The van der Waals surface area contributed by atoms with Gasteiger partial charge in [0.1, 0.15) is 11.5 Å². The van der Waals surface area contributed by atoms with Crippen LogP contribution >= 0.6 is 0 Å². The lowest BCUT2D eigenvalue weighted by molar-refractivity contribution is -0.145. The Balaban J connectivity index is 1.53. The Labute approximate surface area is 143 Å². The molecule has 0 bridgehead atoms. The SMILES string of the molecule is O=C(CCCCCc1ccc(O)cc1O)OCC1CCC(O)CC1. The Morgan fingerprint density at radius 3 is 2.54 bits per heavy atom. The summed E-state index contributed by atoms with van der Waals surface area (Å²) in [5.74, 6) is 0.432. The number of rotatable bonds is 8. The van der Waals surface area contributed by atoms with Crippen molar-refractivity contribution in [2.75, 3.05) is 6.61 Å². The molecule has 0 amide bonds. The number of hydrogen-bond donors (Lipinski definition) is 3. The number of aliphatic hydroxyl groups excluding tert-OH is 1. The highest BCUT2D eigenvalue weighted by Crippen LogP contribution is 2.25. The van der Waals surface area contributed by atoms with E-state index in [4.69, 9.17) is 4.74 Å². The number of aliphatic hydroxyl groups is 1. The molecule has 1 aliphatic rings. The Morgan fingerprint density at radius 2 is 1.83 bits per heavy atom. The van der Waals surface area contributed by atoms with Crippen molar-refractivity contribution in [3.8, 4) is 11.5 Å². The maximum absolute atomic E-state index is 11.7. The first-order valence-electron chi connectivity index (χ1n) is 8.89. The highest BCUT2D eigenvalue weighted by Gasteiger charge is 2.20. The molecular weight excluding hydrogens is 308 g/mol. The van der Waals surface area contributed by atoms with E-state index in [1.807, 2.05) is 0 Å². The minimum Gasteiger partial charge on any atom is -0.508 e. The van der Waals surface area contributed by atoms with Crippen molar-refractivity contribution in [3.05, 3.63) is 23.8 Å². The monoisotopic (exact) mass is 336 g/mol. The fourth-order valence-corrected chi connectivity index (χ4v) is 3.12. The van der Waals surface area contributed by atoms with Crippen LogP contribution < -0.4 is 0 Å². The van der Waals surface area contributed by atoms with E-state index in [0.717, 1.165) is 56.9 Å². The molecule has 3 N–H and O–H groups in total. The molecule has 1 saturated carbocycles. The molecule has 0 aliphatic heterocycles. The van der Waals surface area contributed by atoms with Gasteiger partial charge in [-0.25, -0.2) is 0 Å². The lowest BCUT2D eigenvalue weighted by atomic mass is 9.88. The van der Waals surface area contributed by atoms with E-state index < -0.39 is 0 Å². The molecule has 0 atom stereocenters. The maximum atomic E-state index is 11.7. The lowest BCUT2D eigenvalue weighted by Crippen LogP contribution is -2.22. The number of benzene rings is 1. The van der Waals surface area contributed by atoms with Gasteiger partial charge in [0.05, 0.1) is 12.7 Å². The summed E-state index contributed by atoms with van der Waals surface area (Å²) < 4.78 is 5.33. The van der Waals surface area contributed by atoms with E-state index >= 15 is 0 Å². The smallest absolute Gasteiger partial charge is 0.305 e. The zero-order valence-electron chi connectivity index (χ0n) is 14.1. The van der Waals surface area contributed by atoms with Crippen LogP contribution in [0.3, 0.4) is 0 Å². The Morgan fingerprint density at radius 1 is 1.08 bits per heavy atom. The summed E-state index contributed by atoms with van der Waals surface area (Å²) in [6.07, 6.45) is 7.03. The van der Waals surface area contributed by atoms with Crippen LogP contribution in [0.1, 0.15) is 56.9 Å². The first-order chi connectivity index (χ1) is 11.5. The predicted octanol–water partition coefficient (Wildman–Crippen LogP) is 3.30. The molecule has 2 rings (SSSR count). The number of hydrogen-bond acceptors (Lipinski definition) is 5. The van der Waals surface area contributed by atoms with E-state index in [1.54, 1.807) is 12.1 Å². The number of phenolic OH excluding ortho intramolecular Hbond substituents is 2. The van der Waals surface area contributed by atoms with Gasteiger partial charge in [-0.2, -0.15) is 0 Å². The fourth-order valence-electron chi connectivity index (χ4n) is 3.12. The van der Waals surface area contributed by atoms with Gasteiger partial charge in [-0.05, 0) is 62.5 Å². The minimum atomic E-state index is -0.176. The third-order valence-corrected chi connectivity index (χ3v) is 4.69. The first kappa shape index (κ1) is 18.6. The third kappa shape index (κ3) is 6.40. The predicted molar refractivity (Wildman–Crippen MR) is 90.9 cm³/mol. The number of aromatic hydroxyl groups is 2. The van der Waals surface area contributed by atoms with Crippen molar-refractivity contribution in [2.45, 2.75) is 63.9 Å². The van der Waals surface area contributed by atoms with Crippen LogP contribution in [-0.2, 0) is 16.0 Å². The second-order valence-electron chi connectivity index (χ2n) is 6.73. The zero-order chi connectivity index (χ0) is 17.4. The van der Waals surface area contributed by atoms with E-state index in [-0.39, 0.29) is 23.6 Å². The molecule has 0 saturated heterocycles. The van der Waals surface area contributed by atoms with Gasteiger partial charge in [-0.1, -0.05) is 12.5 Å². The van der Waals surface area contributed by atoms with Crippen LogP contribution in [0.15, 0.2) is 18.2 Å². The Hall–Kier alpha value is -1.75. The maximum Gasteiger partial charge on any atom is 0.305 e. The van der Waals surface area contributed by atoms with Gasteiger partial charge in [0, 0.05) is 12.5 Å². The summed E-state index contributed by atoms with van der Waals surface area (Å²) >= 11 is 0. The summed E-state index contributed by atoms with van der Waals surface area (Å²) in [7, 11) is 0. The molecular formula is C19H28O5. The van der Waals surface area contributed by atoms with Gasteiger partial charge in [0.25, 0.3) is 0 Å². The van der Waals surface area contributed by atoms with Gasteiger partial charge in [-0.3, -0.25) is 4.79 Å². The van der Waals surface area contributed by atoms with Crippen molar-refractivity contribution in [3.63, 3.8) is 0 Å². The van der Waals surface area contributed by atoms with Crippen LogP contribution in [0.25, 0.3) is 0 Å². The largest absolute Gasteiger partial charge is 0.508 e. The molecule has 1 aromatic rings. The van der Waals surface area contributed by atoms with Crippen LogP contribution in [0.5, 0.6) is 11.5 Å². The van der Waals surface area contributed by atoms with Crippen molar-refractivity contribution in [1.82, 2.24) is 0 Å². The standard InChI is InChI=1S/C19H28O5/c20-16-9-6-14(7-10-16)13-24-19(23)5-3-1-2-4-15-8-11-17(21)12-18(15)22/h8,11-12,14,16,20-22H,1-7,9-10,13H2. The van der Waals surface area contributed by atoms with E-state index in [2.05, 4.69) is 0 Å². The van der Waals surface area contributed by atoms with Crippen LogP contribution in [0, 0.1) is 5.92 Å². The minimum absolute atomic E-state index is 0.0615. The summed E-state index contributed by atoms with van der Waals surface area (Å²) in [6, 6.07) is 4.63. The molecule has 1 aromatic carbocycles. The van der Waals surface area contributed by atoms with Gasteiger partial charge < -0.3 is 20.1 Å². The zero-order valence-corrected chi connectivity index (χ0v) is 14.1. The molecule has 0 radical (unpaired) electrons. The van der Waals surface area contributed by atoms with Gasteiger partial charge in [0.15, 0.2) is 0 Å². The average Bonchev–Trinajstić information content (AvgIpc) is 2.56. The Kier molecular flexibility index (Phi) is 7.37. The number of carbonyl (C=O) groups excluding carboxylic acids is 1. The molecule has 0 aromatic heterocycles. The number of esters is 1. The van der Waals surface area contributed by atoms with Gasteiger partial charge >= 0.3 is 5.97 Å². The summed E-state index contributed by atoms with van der Waals surface area (Å²) in [5, 5.41) is 28.4. The molecule has 1 aliphatic carbocycles. The summed E-state index contributed by atoms with van der Waals surface area (Å²) in [5.41, 5.74) is 0.815. The summed E-state index contributed by atoms with van der Waals surface area (Å²) in [6.45, 7) is 0.479. The molecule has 0 heterocycles. The van der Waals surface area contributed by atoms with Crippen LogP contribution in [-0.4, -0.2) is 34.0 Å². The van der Waals surface area contributed by atoms with Crippen molar-refractivity contribution >= 4 is 5.97 Å². The topological polar surface area (TPSA) is 87.0 Å². The van der Waals surface area contributed by atoms with Crippen LogP contribution in [0.4, 0.5) is 0 Å². The number of unbranched alkanes of at least 4 members (excludes halogenated alkanes) is 2. The first-order valence-corrected chi connectivity index (χ1v) is 8.89. The number of aryl methyl sites for hydroxylation is 1. The van der Waals surface area contributed by atoms with Gasteiger partial charge in [-0.15, -0.1) is 0 Å². The normalized spacial score (nSPS) is 20.7. The number of carbonyl (C=O) groups is 1. The van der Waals surface area contributed by atoms with Crippen LogP contribution in [0.2, 0.25) is 0 Å². The highest BCUT2D eigenvalue weighted by molar-refractivity contribution is 5.69. The fraction of sp³-hybridized carbons (Fsp3) is 0.632. The van der Waals surface area contributed by atoms with Crippen molar-refractivity contribution in [1.29, 1.82) is 0 Å². The average molecular weight is 336 g/mol. The number of ether oxygens (including phenoxy) is 1. The lowest BCUT2D eigenvalue weighted by Gasteiger charge is -2.24. The second-order valence-corrected chi connectivity index (χ2v) is 6.73.